The first-order valence-electron chi connectivity index (χ1n) is 6.04. The number of rotatable bonds is 5. The van der Waals surface area contributed by atoms with Gasteiger partial charge in [0, 0.05) is 12.6 Å². The van der Waals surface area contributed by atoms with Crippen molar-refractivity contribution < 1.29 is 5.11 Å². The van der Waals surface area contributed by atoms with Crippen LogP contribution in [0.3, 0.4) is 0 Å². The van der Waals surface area contributed by atoms with E-state index >= 15 is 0 Å². The van der Waals surface area contributed by atoms with Gasteiger partial charge in [-0.25, -0.2) is 0 Å². The first kappa shape index (κ1) is 13.5. The molecule has 0 aliphatic carbocycles. The summed E-state index contributed by atoms with van der Waals surface area (Å²) >= 11 is 0. The van der Waals surface area contributed by atoms with Crippen molar-refractivity contribution in [1.82, 2.24) is 0 Å². The van der Waals surface area contributed by atoms with E-state index in [9.17, 15) is 5.26 Å². The molecule has 3 nitrogen and oxygen atoms in total. The Bertz CT molecular complexity index is 407. The first-order valence-corrected chi connectivity index (χ1v) is 6.04. The second kappa shape index (κ2) is 6.27. The molecule has 0 heterocycles. The standard InChI is InChI=1S/C14H20N2O/c1-4-7-16(11(2)3)14-6-5-12(10-17)8-13(14)9-15/h5-6,8,11,17H,4,7,10H2,1-3H3. The van der Waals surface area contributed by atoms with Crippen LogP contribution < -0.4 is 4.90 Å². The third-order valence-electron chi connectivity index (χ3n) is 2.76. The summed E-state index contributed by atoms with van der Waals surface area (Å²) in [6.45, 7) is 7.28. The van der Waals surface area contributed by atoms with E-state index in [1.807, 2.05) is 12.1 Å². The monoisotopic (exact) mass is 232 g/mol. The summed E-state index contributed by atoms with van der Waals surface area (Å²) in [5.74, 6) is 0. The summed E-state index contributed by atoms with van der Waals surface area (Å²) in [6.07, 6.45) is 1.05. The molecule has 0 unspecified atom stereocenters. The van der Waals surface area contributed by atoms with Crippen LogP contribution in [-0.2, 0) is 6.61 Å². The van der Waals surface area contributed by atoms with Crippen LogP contribution in [0.4, 0.5) is 5.69 Å². The number of aliphatic hydroxyl groups is 1. The Labute approximate surface area is 103 Å². The van der Waals surface area contributed by atoms with Crippen molar-refractivity contribution in [3.05, 3.63) is 29.3 Å². The zero-order chi connectivity index (χ0) is 12.8. The average molecular weight is 232 g/mol. The summed E-state index contributed by atoms with van der Waals surface area (Å²) in [7, 11) is 0. The van der Waals surface area contributed by atoms with E-state index < -0.39 is 0 Å². The maximum atomic E-state index is 9.18. The smallest absolute Gasteiger partial charge is 0.101 e. The maximum absolute atomic E-state index is 9.18. The second-order valence-corrected chi connectivity index (χ2v) is 4.41. The van der Waals surface area contributed by atoms with Gasteiger partial charge in [-0.2, -0.15) is 5.26 Å². The first-order chi connectivity index (χ1) is 8.13. The quantitative estimate of drug-likeness (QED) is 0.849. The summed E-state index contributed by atoms with van der Waals surface area (Å²) < 4.78 is 0. The summed E-state index contributed by atoms with van der Waals surface area (Å²) in [6, 6.07) is 8.15. The predicted molar refractivity (Wildman–Crippen MR) is 69.9 cm³/mol. The highest BCUT2D eigenvalue weighted by molar-refractivity contribution is 5.60. The molecule has 0 aromatic heterocycles. The summed E-state index contributed by atoms with van der Waals surface area (Å²) in [5.41, 5.74) is 2.38. The Balaban J connectivity index is 3.15. The summed E-state index contributed by atoms with van der Waals surface area (Å²) in [5, 5.41) is 18.3. The van der Waals surface area contributed by atoms with Gasteiger partial charge in [0.15, 0.2) is 0 Å². The molecule has 0 saturated carbocycles. The molecule has 0 amide bonds. The topological polar surface area (TPSA) is 47.3 Å². The van der Waals surface area contributed by atoms with Crippen LogP contribution in [0.15, 0.2) is 18.2 Å². The Kier molecular flexibility index (Phi) is 4.99. The molecule has 92 valence electrons. The van der Waals surface area contributed by atoms with Crippen LogP contribution in [0, 0.1) is 11.3 Å². The fourth-order valence-corrected chi connectivity index (χ4v) is 1.92. The van der Waals surface area contributed by atoms with Crippen LogP contribution in [0.5, 0.6) is 0 Å². The lowest BCUT2D eigenvalue weighted by Crippen LogP contribution is -2.32. The minimum atomic E-state index is -0.0234. The van der Waals surface area contributed by atoms with Crippen molar-refractivity contribution in [2.45, 2.75) is 39.8 Å². The highest BCUT2D eigenvalue weighted by atomic mass is 16.3. The van der Waals surface area contributed by atoms with Crippen molar-refractivity contribution in [2.24, 2.45) is 0 Å². The van der Waals surface area contributed by atoms with Gasteiger partial charge in [-0.1, -0.05) is 13.0 Å². The zero-order valence-electron chi connectivity index (χ0n) is 10.8. The molecule has 0 fully saturated rings. The van der Waals surface area contributed by atoms with Gasteiger partial charge < -0.3 is 10.0 Å². The predicted octanol–water partition coefficient (Wildman–Crippen LogP) is 2.68. The van der Waals surface area contributed by atoms with Gasteiger partial charge in [-0.05, 0) is 38.0 Å². The highest BCUT2D eigenvalue weighted by Gasteiger charge is 2.13. The fraction of sp³-hybridized carbons (Fsp3) is 0.500. The van der Waals surface area contributed by atoms with E-state index in [2.05, 4.69) is 31.7 Å². The SMILES string of the molecule is CCCN(c1ccc(CO)cc1C#N)C(C)C. The van der Waals surface area contributed by atoms with Crippen LogP contribution in [0.25, 0.3) is 0 Å². The van der Waals surface area contributed by atoms with Gasteiger partial charge in [0.2, 0.25) is 0 Å². The van der Waals surface area contributed by atoms with Crippen LogP contribution in [0.2, 0.25) is 0 Å². The van der Waals surface area contributed by atoms with Crippen LogP contribution in [0.1, 0.15) is 38.3 Å². The minimum absolute atomic E-state index is 0.0234. The molecule has 1 aromatic carbocycles. The molecule has 0 atom stereocenters. The van der Waals surface area contributed by atoms with Crippen molar-refractivity contribution in [2.75, 3.05) is 11.4 Å². The normalized spacial score (nSPS) is 10.4. The minimum Gasteiger partial charge on any atom is -0.392 e. The Morgan fingerprint density at radius 2 is 2.12 bits per heavy atom. The number of hydrogen-bond acceptors (Lipinski definition) is 3. The molecule has 1 rings (SSSR count). The molecule has 0 aliphatic heterocycles. The van der Waals surface area contributed by atoms with E-state index in [0.717, 1.165) is 24.2 Å². The van der Waals surface area contributed by atoms with Crippen molar-refractivity contribution in [1.29, 1.82) is 5.26 Å². The Hall–Kier alpha value is -1.53. The third kappa shape index (κ3) is 3.21. The van der Waals surface area contributed by atoms with Crippen molar-refractivity contribution in [3.63, 3.8) is 0 Å². The van der Waals surface area contributed by atoms with E-state index in [1.54, 1.807) is 6.07 Å². The van der Waals surface area contributed by atoms with Gasteiger partial charge in [0.25, 0.3) is 0 Å². The number of nitriles is 1. The molecule has 0 radical (unpaired) electrons. The molecule has 3 heteroatoms. The van der Waals surface area contributed by atoms with Crippen LogP contribution in [-0.4, -0.2) is 17.7 Å². The molecular formula is C14H20N2O. The largest absolute Gasteiger partial charge is 0.392 e. The van der Waals surface area contributed by atoms with Gasteiger partial charge in [-0.15, -0.1) is 0 Å². The molecule has 0 bridgehead atoms. The highest BCUT2D eigenvalue weighted by Crippen LogP contribution is 2.23. The molecule has 1 N–H and O–H groups in total. The maximum Gasteiger partial charge on any atom is 0.101 e. The van der Waals surface area contributed by atoms with E-state index in [-0.39, 0.29) is 6.61 Å². The molecule has 17 heavy (non-hydrogen) atoms. The second-order valence-electron chi connectivity index (χ2n) is 4.41. The summed E-state index contributed by atoms with van der Waals surface area (Å²) in [4.78, 5) is 2.22. The number of anilines is 1. The lowest BCUT2D eigenvalue weighted by molar-refractivity contribution is 0.282. The lowest BCUT2D eigenvalue weighted by atomic mass is 10.1. The third-order valence-corrected chi connectivity index (χ3v) is 2.76. The fourth-order valence-electron chi connectivity index (χ4n) is 1.92. The molecule has 0 spiro atoms. The van der Waals surface area contributed by atoms with E-state index in [0.29, 0.717) is 11.6 Å². The van der Waals surface area contributed by atoms with Crippen molar-refractivity contribution in [3.8, 4) is 6.07 Å². The van der Waals surface area contributed by atoms with Gasteiger partial charge >= 0.3 is 0 Å². The number of hydrogen-bond donors (Lipinski definition) is 1. The zero-order valence-corrected chi connectivity index (χ0v) is 10.8. The van der Waals surface area contributed by atoms with E-state index in [4.69, 9.17) is 5.11 Å². The van der Waals surface area contributed by atoms with Gasteiger partial charge in [-0.3, -0.25) is 0 Å². The number of benzene rings is 1. The van der Waals surface area contributed by atoms with Gasteiger partial charge in [0.05, 0.1) is 17.9 Å². The average Bonchev–Trinajstić information content (AvgIpc) is 2.35. The molecule has 1 aromatic rings. The van der Waals surface area contributed by atoms with Gasteiger partial charge in [0.1, 0.15) is 6.07 Å². The molecule has 0 saturated heterocycles. The lowest BCUT2D eigenvalue weighted by Gasteiger charge is -2.29. The van der Waals surface area contributed by atoms with Crippen molar-refractivity contribution >= 4 is 5.69 Å². The van der Waals surface area contributed by atoms with Crippen LogP contribution >= 0.6 is 0 Å². The Morgan fingerprint density at radius 3 is 2.59 bits per heavy atom. The molecule has 0 aliphatic rings. The number of aliphatic hydroxyl groups excluding tert-OH is 1. The molecular weight excluding hydrogens is 212 g/mol. The van der Waals surface area contributed by atoms with E-state index in [1.165, 1.54) is 0 Å². The Morgan fingerprint density at radius 1 is 1.41 bits per heavy atom. The number of nitrogens with zero attached hydrogens (tertiary/aromatic N) is 2.